The van der Waals surface area contributed by atoms with Crippen LogP contribution in [0.4, 0.5) is 8.78 Å². The Balaban J connectivity index is 1.66. The van der Waals surface area contributed by atoms with Gasteiger partial charge in [-0.25, -0.2) is 18.7 Å². The van der Waals surface area contributed by atoms with E-state index in [-0.39, 0.29) is 18.0 Å². The summed E-state index contributed by atoms with van der Waals surface area (Å²) in [5.74, 6) is -1.98. The highest BCUT2D eigenvalue weighted by Gasteiger charge is 2.10. The van der Waals surface area contributed by atoms with Crippen molar-refractivity contribution in [3.8, 4) is 6.07 Å². The molecule has 2 aromatic heterocycles. The lowest BCUT2D eigenvalue weighted by atomic mass is 10.0. The predicted octanol–water partition coefficient (Wildman–Crippen LogP) is 3.04. The average molecular weight is 350 g/mol. The highest BCUT2D eigenvalue weighted by molar-refractivity contribution is 5.96. The summed E-state index contributed by atoms with van der Waals surface area (Å²) in [6.45, 7) is 0. The van der Waals surface area contributed by atoms with E-state index in [0.29, 0.717) is 23.2 Å². The molecule has 5 nitrogen and oxygen atoms in total. The van der Waals surface area contributed by atoms with Crippen molar-refractivity contribution >= 4 is 5.78 Å². The summed E-state index contributed by atoms with van der Waals surface area (Å²) in [6.07, 6.45) is 4.69. The minimum atomic E-state index is -0.887. The fourth-order valence-corrected chi connectivity index (χ4v) is 2.35. The van der Waals surface area contributed by atoms with E-state index in [1.807, 2.05) is 0 Å². The lowest BCUT2D eigenvalue weighted by molar-refractivity contribution is 0.0991. The number of carbonyl (C=O) groups is 1. The zero-order valence-electron chi connectivity index (χ0n) is 13.5. The van der Waals surface area contributed by atoms with Crippen LogP contribution in [0.2, 0.25) is 0 Å². The van der Waals surface area contributed by atoms with Gasteiger partial charge in [0.1, 0.15) is 6.07 Å². The van der Waals surface area contributed by atoms with Crippen LogP contribution < -0.4 is 0 Å². The van der Waals surface area contributed by atoms with Crippen LogP contribution in [-0.4, -0.2) is 20.7 Å². The Bertz CT molecular complexity index is 980. The van der Waals surface area contributed by atoms with Crippen molar-refractivity contribution in [3.05, 3.63) is 88.8 Å². The van der Waals surface area contributed by atoms with Gasteiger partial charge in [-0.3, -0.25) is 9.78 Å². The summed E-state index contributed by atoms with van der Waals surface area (Å²) < 4.78 is 26.2. The molecule has 26 heavy (non-hydrogen) atoms. The highest BCUT2D eigenvalue weighted by atomic mass is 19.2. The molecule has 0 bridgehead atoms. The van der Waals surface area contributed by atoms with Gasteiger partial charge in [-0.15, -0.1) is 0 Å². The lowest BCUT2D eigenvalue weighted by Crippen LogP contribution is -2.07. The molecule has 3 aromatic rings. The molecule has 7 heteroatoms. The molecule has 0 spiro atoms. The van der Waals surface area contributed by atoms with Crippen LogP contribution in [0.1, 0.15) is 33.0 Å². The van der Waals surface area contributed by atoms with E-state index in [1.165, 1.54) is 18.5 Å². The fraction of sp³-hybridized carbons (Fsp3) is 0.105. The van der Waals surface area contributed by atoms with Crippen LogP contribution in [0.5, 0.6) is 0 Å². The predicted molar refractivity (Wildman–Crippen MR) is 88.2 cm³/mol. The van der Waals surface area contributed by atoms with Crippen LogP contribution in [0.25, 0.3) is 0 Å². The number of pyridine rings is 1. The second-order valence-corrected chi connectivity index (χ2v) is 5.59. The van der Waals surface area contributed by atoms with Crippen molar-refractivity contribution in [2.45, 2.75) is 12.8 Å². The Morgan fingerprint density at radius 3 is 2.31 bits per heavy atom. The van der Waals surface area contributed by atoms with Gasteiger partial charge in [-0.1, -0.05) is 12.1 Å². The van der Waals surface area contributed by atoms with Gasteiger partial charge in [0.25, 0.3) is 0 Å². The molecule has 0 amide bonds. The third-order valence-electron chi connectivity index (χ3n) is 3.69. The van der Waals surface area contributed by atoms with Gasteiger partial charge in [-0.2, -0.15) is 5.26 Å². The molecular formula is C19H12F2N4O. The second kappa shape index (κ2) is 7.57. The Hall–Kier alpha value is -3.53. The number of Topliss-reactive ketones (excluding diaryl/α,β-unsaturated/α-hetero) is 1. The normalized spacial score (nSPS) is 10.3. The summed E-state index contributed by atoms with van der Waals surface area (Å²) in [7, 11) is 0. The first-order valence-electron chi connectivity index (χ1n) is 7.68. The summed E-state index contributed by atoms with van der Waals surface area (Å²) in [4.78, 5) is 23.9. The molecule has 0 fully saturated rings. The first-order chi connectivity index (χ1) is 12.5. The van der Waals surface area contributed by atoms with Crippen LogP contribution in [0.15, 0.2) is 48.9 Å². The molecule has 1 aromatic carbocycles. The zero-order chi connectivity index (χ0) is 18.5. The number of benzene rings is 1. The molecule has 0 aliphatic carbocycles. The van der Waals surface area contributed by atoms with Gasteiger partial charge in [0.15, 0.2) is 17.4 Å². The number of rotatable bonds is 5. The van der Waals surface area contributed by atoms with Gasteiger partial charge in [0, 0.05) is 24.3 Å². The van der Waals surface area contributed by atoms with E-state index in [4.69, 9.17) is 5.26 Å². The number of nitriles is 1. The number of hydrogen-bond donors (Lipinski definition) is 0. The SMILES string of the molecule is N#Cc1ncc(C(=O)Cc2ccc(Cc3ccc(F)c(F)c3)cn2)cn1. The summed E-state index contributed by atoms with van der Waals surface area (Å²) in [6, 6.07) is 9.03. The van der Waals surface area contributed by atoms with E-state index in [0.717, 1.165) is 17.7 Å². The number of halogens is 2. The molecule has 0 aliphatic rings. The summed E-state index contributed by atoms with van der Waals surface area (Å²) in [5.41, 5.74) is 2.31. The number of hydrogen-bond acceptors (Lipinski definition) is 5. The molecule has 0 radical (unpaired) electrons. The molecule has 0 N–H and O–H groups in total. The van der Waals surface area contributed by atoms with Crippen molar-refractivity contribution in [1.29, 1.82) is 5.26 Å². The number of nitrogens with zero attached hydrogens (tertiary/aromatic N) is 4. The molecular weight excluding hydrogens is 338 g/mol. The van der Waals surface area contributed by atoms with Crippen molar-refractivity contribution < 1.29 is 13.6 Å². The van der Waals surface area contributed by atoms with Crippen LogP contribution in [-0.2, 0) is 12.8 Å². The number of ketones is 1. The van der Waals surface area contributed by atoms with Gasteiger partial charge in [0.2, 0.25) is 5.82 Å². The maximum absolute atomic E-state index is 13.2. The minimum absolute atomic E-state index is 0.00116. The van der Waals surface area contributed by atoms with Crippen molar-refractivity contribution in [2.24, 2.45) is 0 Å². The molecule has 0 aliphatic heterocycles. The molecule has 0 saturated carbocycles. The van der Waals surface area contributed by atoms with Crippen LogP contribution in [0.3, 0.4) is 0 Å². The second-order valence-electron chi connectivity index (χ2n) is 5.59. The first kappa shape index (κ1) is 17.3. The molecule has 0 atom stereocenters. The van der Waals surface area contributed by atoms with Crippen LogP contribution in [0, 0.1) is 23.0 Å². The smallest absolute Gasteiger partial charge is 0.232 e. The minimum Gasteiger partial charge on any atom is -0.294 e. The Morgan fingerprint density at radius 2 is 1.69 bits per heavy atom. The van der Waals surface area contributed by atoms with Gasteiger partial charge in [0.05, 0.1) is 12.0 Å². The Labute approximate surface area is 148 Å². The van der Waals surface area contributed by atoms with Crippen LogP contribution >= 0.6 is 0 Å². The topological polar surface area (TPSA) is 79.5 Å². The largest absolute Gasteiger partial charge is 0.294 e. The molecule has 128 valence electrons. The molecule has 2 heterocycles. The number of aromatic nitrogens is 3. The summed E-state index contributed by atoms with van der Waals surface area (Å²) >= 11 is 0. The Kier molecular flexibility index (Phi) is 5.04. The number of carbonyl (C=O) groups excluding carboxylic acids is 1. The van der Waals surface area contributed by atoms with E-state index in [1.54, 1.807) is 24.4 Å². The maximum Gasteiger partial charge on any atom is 0.232 e. The highest BCUT2D eigenvalue weighted by Crippen LogP contribution is 2.14. The Morgan fingerprint density at radius 1 is 0.962 bits per heavy atom. The van der Waals surface area contributed by atoms with Crippen molar-refractivity contribution in [2.75, 3.05) is 0 Å². The van der Waals surface area contributed by atoms with Crippen molar-refractivity contribution in [1.82, 2.24) is 15.0 Å². The van der Waals surface area contributed by atoms with E-state index >= 15 is 0 Å². The van der Waals surface area contributed by atoms with Gasteiger partial charge in [-0.05, 0) is 35.7 Å². The lowest BCUT2D eigenvalue weighted by Gasteiger charge is -2.05. The maximum atomic E-state index is 13.2. The molecule has 0 saturated heterocycles. The quantitative estimate of drug-likeness (QED) is 0.661. The summed E-state index contributed by atoms with van der Waals surface area (Å²) in [5, 5.41) is 8.65. The third-order valence-corrected chi connectivity index (χ3v) is 3.69. The fourth-order valence-electron chi connectivity index (χ4n) is 2.35. The van der Waals surface area contributed by atoms with E-state index in [2.05, 4.69) is 15.0 Å². The monoisotopic (exact) mass is 350 g/mol. The average Bonchev–Trinajstić information content (AvgIpc) is 2.66. The molecule has 0 unspecified atom stereocenters. The van der Waals surface area contributed by atoms with Crippen molar-refractivity contribution in [3.63, 3.8) is 0 Å². The van der Waals surface area contributed by atoms with Gasteiger partial charge < -0.3 is 0 Å². The standard InChI is InChI=1S/C19H12F2N4O/c20-16-4-2-12(6-17(16)21)5-13-1-3-15(23-9-13)7-18(26)14-10-24-19(8-22)25-11-14/h1-4,6,9-11H,5,7H2. The van der Waals surface area contributed by atoms with E-state index < -0.39 is 11.6 Å². The zero-order valence-corrected chi connectivity index (χ0v) is 13.5. The van der Waals surface area contributed by atoms with Gasteiger partial charge >= 0.3 is 0 Å². The first-order valence-corrected chi connectivity index (χ1v) is 7.68. The van der Waals surface area contributed by atoms with E-state index in [9.17, 15) is 13.6 Å². The molecule has 3 rings (SSSR count). The third kappa shape index (κ3) is 4.11.